The number of carbonyl (C=O) groups excluding carboxylic acids is 2. The molecule has 1 aromatic carbocycles. The van der Waals surface area contributed by atoms with Crippen molar-refractivity contribution < 1.29 is 19.4 Å². The van der Waals surface area contributed by atoms with Crippen LogP contribution in [-0.4, -0.2) is 78.1 Å². The number of likely N-dealkylation sites (tertiary alicyclic amines) is 1. The Bertz CT molecular complexity index is 635. The molecular formula is C18H25N3O4. The molecule has 0 radical (unpaired) electrons. The lowest BCUT2D eigenvalue weighted by Crippen LogP contribution is -2.54. The molecule has 0 aromatic heterocycles. The van der Waals surface area contributed by atoms with Gasteiger partial charge in [0, 0.05) is 45.3 Å². The van der Waals surface area contributed by atoms with Gasteiger partial charge in [-0.05, 0) is 31.4 Å². The summed E-state index contributed by atoms with van der Waals surface area (Å²) in [4.78, 5) is 30.5. The first-order valence-electron chi connectivity index (χ1n) is 8.80. The zero-order valence-electron chi connectivity index (χ0n) is 14.6. The molecule has 25 heavy (non-hydrogen) atoms. The predicted molar refractivity (Wildman–Crippen MR) is 93.0 cm³/mol. The van der Waals surface area contributed by atoms with Gasteiger partial charge in [0.25, 0.3) is 5.91 Å². The van der Waals surface area contributed by atoms with E-state index < -0.39 is 0 Å². The normalized spacial score (nSPS) is 18.2. The molecule has 1 aromatic rings. The second kappa shape index (κ2) is 7.63. The number of piperidine rings is 1. The van der Waals surface area contributed by atoms with Crippen molar-refractivity contribution in [1.82, 2.24) is 14.7 Å². The monoisotopic (exact) mass is 347 g/mol. The SMILES string of the molecule is COc1ccc(C(=O)N2CCN(C(=O)N3CCCCC3)CC2)c(O)c1. The van der Waals surface area contributed by atoms with Gasteiger partial charge in [-0.2, -0.15) is 0 Å². The molecule has 2 saturated heterocycles. The highest BCUT2D eigenvalue weighted by molar-refractivity contribution is 5.97. The maximum Gasteiger partial charge on any atom is 0.320 e. The Morgan fingerprint density at radius 1 is 0.920 bits per heavy atom. The molecule has 0 atom stereocenters. The molecule has 0 spiro atoms. The first kappa shape index (κ1) is 17.4. The number of piperazine rings is 1. The van der Waals surface area contributed by atoms with E-state index in [0.717, 1.165) is 25.9 Å². The van der Waals surface area contributed by atoms with Gasteiger partial charge in [-0.3, -0.25) is 4.79 Å². The summed E-state index contributed by atoms with van der Waals surface area (Å²) >= 11 is 0. The van der Waals surface area contributed by atoms with E-state index in [9.17, 15) is 14.7 Å². The number of hydrogen-bond donors (Lipinski definition) is 1. The molecule has 7 heteroatoms. The number of nitrogens with zero attached hydrogens (tertiary/aromatic N) is 3. The molecule has 1 N–H and O–H groups in total. The fourth-order valence-electron chi connectivity index (χ4n) is 3.38. The lowest BCUT2D eigenvalue weighted by atomic mass is 10.1. The van der Waals surface area contributed by atoms with Crippen molar-refractivity contribution in [2.24, 2.45) is 0 Å². The highest BCUT2D eigenvalue weighted by Crippen LogP contribution is 2.25. The second-order valence-electron chi connectivity index (χ2n) is 6.49. The highest BCUT2D eigenvalue weighted by Gasteiger charge is 2.29. The summed E-state index contributed by atoms with van der Waals surface area (Å²) in [7, 11) is 1.51. The average Bonchev–Trinajstić information content (AvgIpc) is 2.67. The smallest absolute Gasteiger partial charge is 0.320 e. The minimum Gasteiger partial charge on any atom is -0.507 e. The second-order valence-corrected chi connectivity index (χ2v) is 6.49. The van der Waals surface area contributed by atoms with E-state index >= 15 is 0 Å². The number of hydrogen-bond acceptors (Lipinski definition) is 4. The standard InChI is InChI=1S/C18H25N3O4/c1-25-14-5-6-15(16(22)13-14)17(23)19-9-11-21(12-10-19)18(24)20-7-3-2-4-8-20/h5-6,13,22H,2-4,7-12H2,1H3. The van der Waals surface area contributed by atoms with Crippen LogP contribution in [0.3, 0.4) is 0 Å². The molecule has 0 unspecified atom stereocenters. The third-order valence-corrected chi connectivity index (χ3v) is 4.90. The fraction of sp³-hybridized carbons (Fsp3) is 0.556. The van der Waals surface area contributed by atoms with Crippen LogP contribution in [0.4, 0.5) is 4.79 Å². The van der Waals surface area contributed by atoms with Crippen molar-refractivity contribution in [3.05, 3.63) is 23.8 Å². The summed E-state index contributed by atoms with van der Waals surface area (Å²) in [5.41, 5.74) is 0.261. The van der Waals surface area contributed by atoms with Crippen LogP contribution in [0.2, 0.25) is 0 Å². The Balaban J connectivity index is 1.58. The summed E-state index contributed by atoms with van der Waals surface area (Å²) in [5.74, 6) is 0.201. The van der Waals surface area contributed by atoms with Gasteiger partial charge in [-0.25, -0.2) is 4.79 Å². The van der Waals surface area contributed by atoms with Gasteiger partial charge in [0.1, 0.15) is 11.5 Å². The van der Waals surface area contributed by atoms with Gasteiger partial charge >= 0.3 is 6.03 Å². The van der Waals surface area contributed by atoms with Crippen LogP contribution in [0.1, 0.15) is 29.6 Å². The number of ether oxygens (including phenoxy) is 1. The third-order valence-electron chi connectivity index (χ3n) is 4.90. The number of urea groups is 1. The van der Waals surface area contributed by atoms with E-state index in [1.54, 1.807) is 17.0 Å². The van der Waals surface area contributed by atoms with E-state index in [1.165, 1.54) is 19.6 Å². The Morgan fingerprint density at radius 2 is 1.52 bits per heavy atom. The average molecular weight is 347 g/mol. The van der Waals surface area contributed by atoms with Crippen molar-refractivity contribution in [3.8, 4) is 11.5 Å². The lowest BCUT2D eigenvalue weighted by Gasteiger charge is -2.38. The number of carbonyl (C=O) groups is 2. The molecule has 7 nitrogen and oxygen atoms in total. The van der Waals surface area contributed by atoms with Gasteiger partial charge < -0.3 is 24.5 Å². The number of benzene rings is 1. The number of amides is 3. The largest absolute Gasteiger partial charge is 0.507 e. The Labute approximate surface area is 147 Å². The first-order chi connectivity index (χ1) is 12.1. The molecule has 0 saturated carbocycles. The van der Waals surface area contributed by atoms with Crippen LogP contribution in [0.15, 0.2) is 18.2 Å². The van der Waals surface area contributed by atoms with Gasteiger partial charge in [0.2, 0.25) is 0 Å². The molecule has 3 amide bonds. The molecule has 2 aliphatic rings. The van der Waals surface area contributed by atoms with Gasteiger partial charge in [-0.15, -0.1) is 0 Å². The van der Waals surface area contributed by atoms with Crippen molar-refractivity contribution in [2.45, 2.75) is 19.3 Å². The summed E-state index contributed by atoms with van der Waals surface area (Å²) in [6.45, 7) is 3.67. The van der Waals surface area contributed by atoms with Gasteiger partial charge in [-0.1, -0.05) is 0 Å². The van der Waals surface area contributed by atoms with Crippen molar-refractivity contribution in [2.75, 3.05) is 46.4 Å². The molecule has 2 heterocycles. The number of phenolic OH excluding ortho intramolecular Hbond substituents is 1. The number of methoxy groups -OCH3 is 1. The first-order valence-corrected chi connectivity index (χ1v) is 8.80. The number of rotatable bonds is 2. The van der Waals surface area contributed by atoms with Crippen LogP contribution in [0.25, 0.3) is 0 Å². The zero-order chi connectivity index (χ0) is 17.8. The van der Waals surface area contributed by atoms with E-state index in [0.29, 0.717) is 31.9 Å². The van der Waals surface area contributed by atoms with Gasteiger partial charge in [0.15, 0.2) is 0 Å². The minimum absolute atomic E-state index is 0.0825. The Hall–Kier alpha value is -2.44. The summed E-state index contributed by atoms with van der Waals surface area (Å²) < 4.78 is 5.04. The summed E-state index contributed by atoms with van der Waals surface area (Å²) in [5, 5.41) is 10.0. The minimum atomic E-state index is -0.217. The zero-order valence-corrected chi connectivity index (χ0v) is 14.6. The molecule has 0 bridgehead atoms. The molecule has 2 fully saturated rings. The fourth-order valence-corrected chi connectivity index (χ4v) is 3.38. The molecule has 2 aliphatic heterocycles. The van der Waals surface area contributed by atoms with Crippen molar-refractivity contribution in [1.29, 1.82) is 0 Å². The topological polar surface area (TPSA) is 73.3 Å². The van der Waals surface area contributed by atoms with E-state index in [-0.39, 0.29) is 23.3 Å². The van der Waals surface area contributed by atoms with Crippen LogP contribution >= 0.6 is 0 Å². The lowest BCUT2D eigenvalue weighted by molar-refractivity contribution is 0.0630. The summed E-state index contributed by atoms with van der Waals surface area (Å²) in [6.07, 6.45) is 3.33. The van der Waals surface area contributed by atoms with Crippen LogP contribution in [-0.2, 0) is 0 Å². The highest BCUT2D eigenvalue weighted by atomic mass is 16.5. The van der Waals surface area contributed by atoms with E-state index in [4.69, 9.17) is 4.74 Å². The maximum atomic E-state index is 12.6. The summed E-state index contributed by atoms with van der Waals surface area (Å²) in [6, 6.07) is 4.74. The third kappa shape index (κ3) is 3.81. The molecule has 3 rings (SSSR count). The number of aromatic hydroxyl groups is 1. The van der Waals surface area contributed by atoms with Crippen molar-refractivity contribution >= 4 is 11.9 Å². The molecule has 0 aliphatic carbocycles. The Kier molecular flexibility index (Phi) is 5.31. The van der Waals surface area contributed by atoms with E-state index in [2.05, 4.69) is 0 Å². The van der Waals surface area contributed by atoms with Crippen molar-refractivity contribution in [3.63, 3.8) is 0 Å². The van der Waals surface area contributed by atoms with Crippen LogP contribution in [0.5, 0.6) is 11.5 Å². The quantitative estimate of drug-likeness (QED) is 0.885. The van der Waals surface area contributed by atoms with Crippen LogP contribution in [0, 0.1) is 0 Å². The number of phenols is 1. The maximum absolute atomic E-state index is 12.6. The Morgan fingerprint density at radius 3 is 2.12 bits per heavy atom. The van der Waals surface area contributed by atoms with E-state index in [1.807, 2.05) is 9.80 Å². The van der Waals surface area contributed by atoms with Gasteiger partial charge in [0.05, 0.1) is 12.7 Å². The molecule has 136 valence electrons. The predicted octanol–water partition coefficient (Wildman–Crippen LogP) is 1.76. The molecular weight excluding hydrogens is 322 g/mol. The van der Waals surface area contributed by atoms with Crippen LogP contribution < -0.4 is 4.74 Å².